The summed E-state index contributed by atoms with van der Waals surface area (Å²) in [6.45, 7) is 2.73. The van der Waals surface area contributed by atoms with E-state index in [1.807, 2.05) is 30.3 Å². The van der Waals surface area contributed by atoms with Crippen LogP contribution in [0.5, 0.6) is 0 Å². The Morgan fingerprint density at radius 1 is 1.24 bits per heavy atom. The first-order valence-corrected chi connectivity index (χ1v) is 10.0. The molecule has 2 aromatic rings. The fourth-order valence-corrected chi connectivity index (χ4v) is 4.34. The Morgan fingerprint density at radius 3 is 2.69 bits per heavy atom. The first kappa shape index (κ1) is 20.6. The zero-order valence-electron chi connectivity index (χ0n) is 16.3. The lowest BCUT2D eigenvalue weighted by atomic mass is 10.0. The molecular weight excluding hydrogens is 392 g/mol. The molecule has 0 unspecified atom stereocenters. The maximum absolute atomic E-state index is 12.5. The van der Waals surface area contributed by atoms with Gasteiger partial charge in [-0.25, -0.2) is 9.59 Å². The van der Waals surface area contributed by atoms with Crippen LogP contribution in [0.15, 0.2) is 36.4 Å². The fraction of sp³-hybridized carbons (Fsp3) is 0.286. The number of esters is 1. The van der Waals surface area contributed by atoms with Crippen molar-refractivity contribution in [3.05, 3.63) is 58.0 Å². The summed E-state index contributed by atoms with van der Waals surface area (Å²) in [5.74, 6) is -0.818. The summed E-state index contributed by atoms with van der Waals surface area (Å²) in [6.07, 6.45) is 3.19. The van der Waals surface area contributed by atoms with Gasteiger partial charge in [0.1, 0.15) is 5.00 Å². The van der Waals surface area contributed by atoms with Crippen molar-refractivity contribution in [3.63, 3.8) is 0 Å². The van der Waals surface area contributed by atoms with E-state index in [0.29, 0.717) is 30.1 Å². The molecule has 7 nitrogen and oxygen atoms in total. The van der Waals surface area contributed by atoms with Crippen LogP contribution < -0.4 is 5.32 Å². The second-order valence-electron chi connectivity index (χ2n) is 6.30. The zero-order chi connectivity index (χ0) is 20.8. The van der Waals surface area contributed by atoms with Crippen LogP contribution in [0.2, 0.25) is 0 Å². The van der Waals surface area contributed by atoms with Crippen molar-refractivity contribution >= 4 is 40.4 Å². The number of rotatable bonds is 5. The van der Waals surface area contributed by atoms with Gasteiger partial charge in [0.05, 0.1) is 25.8 Å². The number of nitrogens with one attached hydrogen (secondary N) is 1. The Bertz CT molecular complexity index is 936. The number of anilines is 1. The lowest BCUT2D eigenvalue weighted by Gasteiger charge is -2.25. The molecular formula is C21H22N2O5S. The van der Waals surface area contributed by atoms with Gasteiger partial charge in [-0.15, -0.1) is 11.3 Å². The summed E-state index contributed by atoms with van der Waals surface area (Å²) in [7, 11) is 1.33. The summed E-state index contributed by atoms with van der Waals surface area (Å²) in [5, 5.41) is 3.23. The molecule has 1 aliphatic heterocycles. The van der Waals surface area contributed by atoms with Crippen LogP contribution in [0.4, 0.5) is 9.80 Å². The minimum atomic E-state index is -0.473. The minimum absolute atomic E-state index is 0.235. The predicted octanol–water partition coefficient (Wildman–Crippen LogP) is 3.70. The van der Waals surface area contributed by atoms with Crippen LogP contribution in [0, 0.1) is 0 Å². The number of carbonyl (C=O) groups is 3. The number of hydrogen-bond donors (Lipinski definition) is 1. The monoisotopic (exact) mass is 414 g/mol. The van der Waals surface area contributed by atoms with E-state index >= 15 is 0 Å². The summed E-state index contributed by atoms with van der Waals surface area (Å²) >= 11 is 1.28. The maximum atomic E-state index is 12.5. The second-order valence-corrected chi connectivity index (χ2v) is 7.41. The number of fused-ring (bicyclic) bond motifs is 1. The molecule has 1 aromatic heterocycles. The first-order valence-electron chi connectivity index (χ1n) is 9.22. The third-order valence-electron chi connectivity index (χ3n) is 4.43. The van der Waals surface area contributed by atoms with E-state index in [0.717, 1.165) is 16.0 Å². The topological polar surface area (TPSA) is 84.9 Å². The minimum Gasteiger partial charge on any atom is -0.462 e. The largest absolute Gasteiger partial charge is 0.462 e. The molecule has 152 valence electrons. The molecule has 0 radical (unpaired) electrons. The Kier molecular flexibility index (Phi) is 6.66. The average Bonchev–Trinajstić information content (AvgIpc) is 3.09. The number of benzene rings is 1. The smallest absolute Gasteiger partial charge is 0.409 e. The van der Waals surface area contributed by atoms with Gasteiger partial charge in [-0.2, -0.15) is 0 Å². The summed E-state index contributed by atoms with van der Waals surface area (Å²) in [6, 6.07) is 9.45. The molecule has 2 heterocycles. The van der Waals surface area contributed by atoms with Crippen molar-refractivity contribution in [2.75, 3.05) is 25.6 Å². The molecule has 8 heteroatoms. The van der Waals surface area contributed by atoms with Gasteiger partial charge >= 0.3 is 12.1 Å². The Balaban J connectivity index is 1.84. The van der Waals surface area contributed by atoms with Crippen LogP contribution in [0.3, 0.4) is 0 Å². The number of nitrogens with zero attached hydrogens (tertiary/aromatic N) is 1. The fourth-order valence-electron chi connectivity index (χ4n) is 3.09. The number of thiophene rings is 1. The highest BCUT2D eigenvalue weighted by Gasteiger charge is 2.31. The van der Waals surface area contributed by atoms with Gasteiger partial charge in [-0.1, -0.05) is 30.3 Å². The van der Waals surface area contributed by atoms with Gasteiger partial charge in [0.25, 0.3) is 0 Å². The lowest BCUT2D eigenvalue weighted by molar-refractivity contribution is -0.111. The van der Waals surface area contributed by atoms with E-state index in [2.05, 4.69) is 5.32 Å². The molecule has 2 amide bonds. The zero-order valence-corrected chi connectivity index (χ0v) is 17.1. The van der Waals surface area contributed by atoms with Crippen molar-refractivity contribution in [2.45, 2.75) is 19.9 Å². The van der Waals surface area contributed by atoms with E-state index in [4.69, 9.17) is 9.47 Å². The average molecular weight is 414 g/mol. The first-order chi connectivity index (χ1) is 14.0. The third-order valence-corrected chi connectivity index (χ3v) is 5.56. The normalized spacial score (nSPS) is 13.1. The molecule has 0 aliphatic carbocycles. The van der Waals surface area contributed by atoms with Gasteiger partial charge in [-0.3, -0.25) is 4.79 Å². The maximum Gasteiger partial charge on any atom is 0.409 e. The number of carbonyl (C=O) groups excluding carboxylic acids is 3. The van der Waals surface area contributed by atoms with Crippen molar-refractivity contribution in [1.29, 1.82) is 0 Å². The van der Waals surface area contributed by atoms with Gasteiger partial charge in [0.2, 0.25) is 5.91 Å². The Labute approximate surface area is 172 Å². The lowest BCUT2D eigenvalue weighted by Crippen LogP contribution is -2.35. The Morgan fingerprint density at radius 2 is 2.00 bits per heavy atom. The van der Waals surface area contributed by atoms with Crippen molar-refractivity contribution in [3.8, 4) is 0 Å². The second kappa shape index (κ2) is 9.38. The Hall–Kier alpha value is -3.13. The number of amides is 2. The van der Waals surface area contributed by atoms with Crippen LogP contribution in [-0.4, -0.2) is 43.1 Å². The van der Waals surface area contributed by atoms with E-state index in [-0.39, 0.29) is 12.5 Å². The van der Waals surface area contributed by atoms with Gasteiger partial charge in [0.15, 0.2) is 0 Å². The van der Waals surface area contributed by atoms with E-state index in [9.17, 15) is 14.4 Å². The van der Waals surface area contributed by atoms with Gasteiger partial charge in [-0.05, 0) is 30.5 Å². The molecule has 0 fully saturated rings. The van der Waals surface area contributed by atoms with E-state index in [1.54, 1.807) is 17.9 Å². The van der Waals surface area contributed by atoms with Crippen LogP contribution in [-0.2, 0) is 27.2 Å². The van der Waals surface area contributed by atoms with Crippen LogP contribution in [0.1, 0.15) is 33.3 Å². The molecule has 1 aliphatic rings. The molecule has 0 bridgehead atoms. The molecule has 0 spiro atoms. The molecule has 1 aromatic carbocycles. The van der Waals surface area contributed by atoms with E-state index in [1.165, 1.54) is 24.5 Å². The van der Waals surface area contributed by atoms with Gasteiger partial charge in [0, 0.05) is 17.5 Å². The highest BCUT2D eigenvalue weighted by molar-refractivity contribution is 7.17. The predicted molar refractivity (Wildman–Crippen MR) is 111 cm³/mol. The van der Waals surface area contributed by atoms with Crippen molar-refractivity contribution in [1.82, 2.24) is 4.90 Å². The quantitative estimate of drug-likeness (QED) is 0.596. The molecule has 1 N–H and O–H groups in total. The molecule has 3 rings (SSSR count). The highest BCUT2D eigenvalue weighted by atomic mass is 32.1. The van der Waals surface area contributed by atoms with Crippen LogP contribution >= 0.6 is 11.3 Å². The third kappa shape index (κ3) is 4.83. The SMILES string of the molecule is CCOC(=O)c1c(NC(=O)/C=C/c2ccccc2)sc2c1CCN(C(=O)OC)C2. The number of ether oxygens (including phenoxy) is 2. The van der Waals surface area contributed by atoms with Crippen LogP contribution in [0.25, 0.3) is 6.08 Å². The standard InChI is InChI=1S/C21H22N2O5S/c1-3-28-20(25)18-15-11-12-23(21(26)27-2)13-16(15)29-19(18)22-17(24)10-9-14-7-5-4-6-8-14/h4-10H,3,11-13H2,1-2H3,(H,22,24)/b10-9+. The van der Waals surface area contributed by atoms with Gasteiger partial charge < -0.3 is 19.7 Å². The summed E-state index contributed by atoms with van der Waals surface area (Å²) in [5.41, 5.74) is 2.08. The van der Waals surface area contributed by atoms with E-state index < -0.39 is 12.1 Å². The number of methoxy groups -OCH3 is 1. The highest BCUT2D eigenvalue weighted by Crippen LogP contribution is 2.37. The van der Waals surface area contributed by atoms with Crippen molar-refractivity contribution < 1.29 is 23.9 Å². The molecule has 0 saturated carbocycles. The summed E-state index contributed by atoms with van der Waals surface area (Å²) in [4.78, 5) is 39.2. The van der Waals surface area contributed by atoms with Crippen molar-refractivity contribution in [2.24, 2.45) is 0 Å². The molecule has 0 saturated heterocycles. The summed E-state index contributed by atoms with van der Waals surface area (Å²) < 4.78 is 9.98. The molecule has 0 atom stereocenters. The number of hydrogen-bond acceptors (Lipinski definition) is 6. The molecule has 29 heavy (non-hydrogen) atoms.